The first-order valence-electron chi connectivity index (χ1n) is 14.4. The molecule has 0 bridgehead atoms. The number of anilines is 1. The lowest BCUT2D eigenvalue weighted by atomic mass is 9.89. The first-order valence-corrected chi connectivity index (χ1v) is 16.3. The van der Waals surface area contributed by atoms with Crippen molar-refractivity contribution in [2.75, 3.05) is 37.2 Å². The van der Waals surface area contributed by atoms with E-state index in [2.05, 4.69) is 38.9 Å². The van der Waals surface area contributed by atoms with Crippen LogP contribution >= 0.6 is 0 Å². The van der Waals surface area contributed by atoms with Gasteiger partial charge in [-0.2, -0.15) is 0 Å². The molecule has 1 heterocycles. The molecule has 2 N–H and O–H groups in total. The fourth-order valence-corrected chi connectivity index (χ4v) is 6.23. The zero-order chi connectivity index (χ0) is 27.7. The highest BCUT2D eigenvalue weighted by molar-refractivity contribution is 7.92. The maximum Gasteiger partial charge on any atom is 0.317 e. The van der Waals surface area contributed by atoms with Crippen LogP contribution in [0.2, 0.25) is 0 Å². The molecule has 0 atom stereocenters. The largest absolute Gasteiger partial charge is 0.457 e. The van der Waals surface area contributed by atoms with Crippen molar-refractivity contribution in [1.82, 2.24) is 15.1 Å². The molecule has 9 heteroatoms. The summed E-state index contributed by atoms with van der Waals surface area (Å²) >= 11 is 0. The second kappa shape index (κ2) is 14.0. The van der Waals surface area contributed by atoms with Crippen LogP contribution in [0.15, 0.2) is 48.5 Å². The molecule has 0 radical (unpaired) electrons. The monoisotopic (exact) mass is 556 g/mol. The van der Waals surface area contributed by atoms with Gasteiger partial charge in [0.05, 0.1) is 6.26 Å². The summed E-state index contributed by atoms with van der Waals surface area (Å²) in [6.07, 6.45) is 10.5. The van der Waals surface area contributed by atoms with Gasteiger partial charge in [-0.3, -0.25) is 9.62 Å². The van der Waals surface area contributed by atoms with Crippen molar-refractivity contribution in [3.8, 4) is 11.5 Å². The summed E-state index contributed by atoms with van der Waals surface area (Å²) < 4.78 is 31.1. The highest BCUT2D eigenvalue weighted by Crippen LogP contribution is 2.26. The molecule has 2 aromatic rings. The number of hydrogen-bond donors (Lipinski definition) is 2. The van der Waals surface area contributed by atoms with Gasteiger partial charge in [-0.15, -0.1) is 0 Å². The van der Waals surface area contributed by atoms with Gasteiger partial charge in [-0.1, -0.05) is 38.3 Å². The maximum atomic E-state index is 13.0. The third-order valence-corrected chi connectivity index (χ3v) is 8.32. The van der Waals surface area contributed by atoms with Crippen LogP contribution < -0.4 is 14.8 Å². The Bertz CT molecular complexity index is 1140. The van der Waals surface area contributed by atoms with Crippen molar-refractivity contribution >= 4 is 21.7 Å². The fraction of sp³-hybridized carbons (Fsp3) is 0.567. The summed E-state index contributed by atoms with van der Waals surface area (Å²) in [6, 6.07) is 15.4. The van der Waals surface area contributed by atoms with Gasteiger partial charge in [0.15, 0.2) is 0 Å². The molecule has 4 rings (SSSR count). The number of nitrogens with zero attached hydrogens (tertiary/aromatic N) is 2. The van der Waals surface area contributed by atoms with E-state index in [0.29, 0.717) is 23.4 Å². The molecule has 2 aliphatic rings. The van der Waals surface area contributed by atoms with E-state index in [0.717, 1.165) is 64.0 Å². The molecule has 1 saturated heterocycles. The minimum absolute atomic E-state index is 0.123. The normalized spacial score (nSPS) is 17.5. The number of amides is 2. The average Bonchev–Trinajstić information content (AvgIpc) is 2.93. The molecule has 0 unspecified atom stereocenters. The molecule has 0 aromatic heterocycles. The number of sulfonamides is 1. The van der Waals surface area contributed by atoms with Crippen molar-refractivity contribution < 1.29 is 17.9 Å². The highest BCUT2D eigenvalue weighted by Gasteiger charge is 2.28. The molecule has 1 aliphatic carbocycles. The quantitative estimate of drug-likeness (QED) is 0.364. The molecule has 2 amide bonds. The summed E-state index contributed by atoms with van der Waals surface area (Å²) in [5, 5.41) is 3.25. The molecule has 1 aliphatic heterocycles. The first-order chi connectivity index (χ1) is 18.8. The average molecular weight is 557 g/mol. The third kappa shape index (κ3) is 9.42. The Balaban J connectivity index is 1.22. The molecule has 2 fully saturated rings. The number of urea groups is 1. The van der Waals surface area contributed by atoms with Crippen molar-refractivity contribution in [1.29, 1.82) is 0 Å². The zero-order valence-corrected chi connectivity index (χ0v) is 24.2. The Morgan fingerprint density at radius 3 is 2.15 bits per heavy atom. The van der Waals surface area contributed by atoms with Crippen LogP contribution in [-0.4, -0.2) is 62.7 Å². The number of carbonyl (C=O) groups excluding carboxylic acids is 1. The van der Waals surface area contributed by atoms with E-state index in [9.17, 15) is 13.2 Å². The third-order valence-electron chi connectivity index (χ3n) is 7.71. The first kappa shape index (κ1) is 29.2. The SMILES string of the molecule is CCCN(C(=O)NCC1CCCCC1)C1CCN(Cc2ccc(Oc3ccc(NS(C)(=O)=O)cc3)cc2)CC1. The van der Waals surface area contributed by atoms with Crippen molar-refractivity contribution in [2.24, 2.45) is 5.92 Å². The molecular formula is C30H44N4O4S. The van der Waals surface area contributed by atoms with Crippen LogP contribution in [0.1, 0.15) is 63.9 Å². The molecule has 8 nitrogen and oxygen atoms in total. The number of rotatable bonds is 11. The van der Waals surface area contributed by atoms with E-state index in [-0.39, 0.29) is 6.03 Å². The Kier molecular flexibility index (Phi) is 10.5. The lowest BCUT2D eigenvalue weighted by Gasteiger charge is -2.38. The van der Waals surface area contributed by atoms with Crippen LogP contribution in [0.3, 0.4) is 0 Å². The van der Waals surface area contributed by atoms with Crippen LogP contribution in [0.5, 0.6) is 11.5 Å². The van der Waals surface area contributed by atoms with E-state index in [4.69, 9.17) is 4.74 Å². The van der Waals surface area contributed by atoms with Crippen LogP contribution in [0, 0.1) is 5.92 Å². The van der Waals surface area contributed by atoms with Gasteiger partial charge in [-0.25, -0.2) is 13.2 Å². The topological polar surface area (TPSA) is 91.0 Å². The predicted molar refractivity (Wildman–Crippen MR) is 157 cm³/mol. The lowest BCUT2D eigenvalue weighted by Crippen LogP contribution is -2.51. The van der Waals surface area contributed by atoms with Gasteiger partial charge in [-0.05, 0) is 80.0 Å². The number of benzene rings is 2. The maximum absolute atomic E-state index is 13.0. The minimum atomic E-state index is -3.30. The van der Waals surface area contributed by atoms with Gasteiger partial charge in [0.2, 0.25) is 10.0 Å². The van der Waals surface area contributed by atoms with Crippen molar-refractivity contribution in [3.05, 3.63) is 54.1 Å². The summed E-state index contributed by atoms with van der Waals surface area (Å²) in [5.74, 6) is 2.02. The van der Waals surface area contributed by atoms with Gasteiger partial charge in [0.1, 0.15) is 11.5 Å². The lowest BCUT2D eigenvalue weighted by molar-refractivity contribution is 0.116. The Morgan fingerprint density at radius 2 is 1.56 bits per heavy atom. The second-order valence-corrected chi connectivity index (χ2v) is 12.8. The van der Waals surface area contributed by atoms with Crippen LogP contribution in [0.25, 0.3) is 0 Å². The van der Waals surface area contributed by atoms with Crippen molar-refractivity contribution in [2.45, 2.75) is 70.9 Å². The molecular weight excluding hydrogens is 512 g/mol. The summed E-state index contributed by atoms with van der Waals surface area (Å²) in [7, 11) is -3.30. The van der Waals surface area contributed by atoms with E-state index in [1.54, 1.807) is 24.3 Å². The number of carbonyl (C=O) groups is 1. The highest BCUT2D eigenvalue weighted by atomic mass is 32.2. The minimum Gasteiger partial charge on any atom is -0.457 e. The number of ether oxygens (including phenoxy) is 1. The second-order valence-electron chi connectivity index (χ2n) is 11.0. The van der Waals surface area contributed by atoms with Crippen molar-refractivity contribution in [3.63, 3.8) is 0 Å². The molecule has 1 saturated carbocycles. The molecule has 39 heavy (non-hydrogen) atoms. The number of likely N-dealkylation sites (tertiary alicyclic amines) is 1. The fourth-order valence-electron chi connectivity index (χ4n) is 5.67. The number of nitrogens with one attached hydrogen (secondary N) is 2. The van der Waals surface area contributed by atoms with Gasteiger partial charge >= 0.3 is 6.03 Å². The van der Waals surface area contributed by atoms with E-state index in [1.807, 2.05) is 12.1 Å². The molecule has 2 aromatic carbocycles. The van der Waals surface area contributed by atoms with Gasteiger partial charge < -0.3 is 15.0 Å². The van der Waals surface area contributed by atoms with Crippen LogP contribution in [0.4, 0.5) is 10.5 Å². The molecule has 214 valence electrons. The summed E-state index contributed by atoms with van der Waals surface area (Å²) in [5.41, 5.74) is 1.73. The van der Waals surface area contributed by atoms with E-state index >= 15 is 0 Å². The summed E-state index contributed by atoms with van der Waals surface area (Å²) in [4.78, 5) is 17.6. The Hall–Kier alpha value is -2.78. The Labute approximate surface area is 234 Å². The standard InChI is InChI=1S/C30H44N4O4S/c1-3-19-34(30(35)31-22-24-7-5-4-6-8-24)27-17-20-33(21-18-27)23-25-9-13-28(14-10-25)38-29-15-11-26(12-16-29)32-39(2,36)37/h9-16,24,27,32H,3-8,17-23H2,1-2H3,(H,31,35). The smallest absolute Gasteiger partial charge is 0.317 e. The van der Waals surface area contributed by atoms with Gasteiger partial charge in [0, 0.05) is 44.5 Å². The number of hydrogen-bond acceptors (Lipinski definition) is 5. The van der Waals surface area contributed by atoms with E-state index < -0.39 is 10.0 Å². The van der Waals surface area contributed by atoms with Gasteiger partial charge in [0.25, 0.3) is 0 Å². The summed E-state index contributed by atoms with van der Waals surface area (Å²) in [6.45, 7) is 6.62. The van der Waals surface area contributed by atoms with Crippen LogP contribution in [-0.2, 0) is 16.6 Å². The number of piperidine rings is 1. The Morgan fingerprint density at radius 1 is 0.949 bits per heavy atom. The zero-order valence-electron chi connectivity index (χ0n) is 23.4. The molecule has 0 spiro atoms. The van der Waals surface area contributed by atoms with E-state index in [1.165, 1.54) is 37.7 Å². The predicted octanol–water partition coefficient (Wildman–Crippen LogP) is 5.82.